The Hall–Kier alpha value is -2.09. The zero-order chi connectivity index (χ0) is 21.3. The molecular formula is C22H26ClN3O3S. The van der Waals surface area contributed by atoms with Crippen molar-refractivity contribution in [3.63, 3.8) is 0 Å². The average molecular weight is 448 g/mol. The van der Waals surface area contributed by atoms with Crippen molar-refractivity contribution in [1.82, 2.24) is 9.21 Å². The Morgan fingerprint density at radius 1 is 1.13 bits per heavy atom. The second-order valence-corrected chi connectivity index (χ2v) is 10.7. The molecule has 0 aliphatic carbocycles. The fourth-order valence-electron chi connectivity index (χ4n) is 4.40. The quantitative estimate of drug-likeness (QED) is 0.769. The van der Waals surface area contributed by atoms with Gasteiger partial charge in [0.05, 0.1) is 5.25 Å². The van der Waals surface area contributed by atoms with E-state index in [9.17, 15) is 13.2 Å². The van der Waals surface area contributed by atoms with Crippen molar-refractivity contribution in [2.45, 2.75) is 31.6 Å². The molecule has 8 heteroatoms. The summed E-state index contributed by atoms with van der Waals surface area (Å²) in [6.45, 7) is 3.77. The molecule has 2 saturated heterocycles. The minimum absolute atomic E-state index is 0.0328. The van der Waals surface area contributed by atoms with Crippen molar-refractivity contribution in [3.8, 4) is 0 Å². The third-order valence-electron chi connectivity index (χ3n) is 6.08. The first-order chi connectivity index (χ1) is 14.3. The molecule has 2 aromatic carbocycles. The Kier molecular flexibility index (Phi) is 6.04. The normalized spacial score (nSPS) is 23.6. The van der Waals surface area contributed by atoms with E-state index in [1.807, 2.05) is 49.4 Å². The number of para-hydroxylation sites is 1. The van der Waals surface area contributed by atoms with E-state index in [0.29, 0.717) is 44.0 Å². The van der Waals surface area contributed by atoms with Gasteiger partial charge >= 0.3 is 6.03 Å². The summed E-state index contributed by atoms with van der Waals surface area (Å²) < 4.78 is 27.9. The van der Waals surface area contributed by atoms with Crippen LogP contribution >= 0.6 is 11.6 Å². The number of halogens is 1. The van der Waals surface area contributed by atoms with Crippen molar-refractivity contribution in [3.05, 3.63) is 64.7 Å². The maximum atomic E-state index is 13.2. The first-order valence-corrected chi connectivity index (χ1v) is 12.1. The summed E-state index contributed by atoms with van der Waals surface area (Å²) in [4.78, 5) is 14.5. The van der Waals surface area contributed by atoms with Crippen LogP contribution in [0.25, 0.3) is 0 Å². The van der Waals surface area contributed by atoms with Crippen LogP contribution in [0.1, 0.15) is 24.0 Å². The lowest BCUT2D eigenvalue weighted by molar-refractivity contribution is 0.212. The van der Waals surface area contributed by atoms with E-state index >= 15 is 0 Å². The molecule has 2 heterocycles. The number of anilines is 1. The fourth-order valence-corrected chi connectivity index (χ4v) is 6.84. The number of benzene rings is 2. The Morgan fingerprint density at radius 3 is 2.67 bits per heavy atom. The summed E-state index contributed by atoms with van der Waals surface area (Å²) in [5, 5.41) is 3.12. The van der Waals surface area contributed by atoms with Gasteiger partial charge in [-0.2, -0.15) is 4.31 Å². The molecule has 160 valence electrons. The van der Waals surface area contributed by atoms with Gasteiger partial charge < -0.3 is 10.2 Å². The number of sulfonamides is 1. The Balaban J connectivity index is 1.42. The molecule has 2 aromatic rings. The van der Waals surface area contributed by atoms with Gasteiger partial charge in [-0.25, -0.2) is 13.2 Å². The summed E-state index contributed by atoms with van der Waals surface area (Å²) >= 11 is 6.05. The first kappa shape index (κ1) is 21.2. The van der Waals surface area contributed by atoms with Gasteiger partial charge in [0.15, 0.2) is 0 Å². The van der Waals surface area contributed by atoms with Crippen LogP contribution in [0.3, 0.4) is 0 Å². The van der Waals surface area contributed by atoms with E-state index in [1.54, 1.807) is 15.3 Å². The number of nitrogens with zero attached hydrogens (tertiary/aromatic N) is 2. The monoisotopic (exact) mass is 447 g/mol. The van der Waals surface area contributed by atoms with Crippen LogP contribution in [-0.4, -0.2) is 48.5 Å². The molecule has 2 atom stereocenters. The highest BCUT2D eigenvalue weighted by molar-refractivity contribution is 7.90. The van der Waals surface area contributed by atoms with E-state index < -0.39 is 15.3 Å². The predicted molar refractivity (Wildman–Crippen MR) is 119 cm³/mol. The number of carbonyl (C=O) groups excluding carboxylic acids is 1. The van der Waals surface area contributed by atoms with Crippen molar-refractivity contribution >= 4 is 33.3 Å². The largest absolute Gasteiger partial charge is 0.324 e. The second-order valence-electron chi connectivity index (χ2n) is 8.08. The first-order valence-electron chi connectivity index (χ1n) is 10.2. The van der Waals surface area contributed by atoms with Crippen LogP contribution in [0.4, 0.5) is 10.5 Å². The summed E-state index contributed by atoms with van der Waals surface area (Å²) in [7, 11) is -3.41. The van der Waals surface area contributed by atoms with Crippen LogP contribution in [0.15, 0.2) is 48.5 Å². The minimum atomic E-state index is -3.41. The van der Waals surface area contributed by atoms with Crippen molar-refractivity contribution in [2.75, 3.05) is 25.0 Å². The topological polar surface area (TPSA) is 69.7 Å². The van der Waals surface area contributed by atoms with E-state index in [2.05, 4.69) is 5.32 Å². The maximum absolute atomic E-state index is 13.2. The number of hydrogen-bond donors (Lipinski definition) is 1. The Labute approximate surface area is 182 Å². The summed E-state index contributed by atoms with van der Waals surface area (Å²) in [5.74, 6) is 0.0328. The van der Waals surface area contributed by atoms with Crippen molar-refractivity contribution in [2.24, 2.45) is 5.92 Å². The number of fused-ring (bicyclic) bond motifs is 1. The van der Waals surface area contributed by atoms with Gasteiger partial charge in [0.25, 0.3) is 0 Å². The second kappa shape index (κ2) is 8.57. The maximum Gasteiger partial charge on any atom is 0.321 e. The summed E-state index contributed by atoms with van der Waals surface area (Å²) in [6, 6.07) is 14.8. The third kappa shape index (κ3) is 4.33. The van der Waals surface area contributed by atoms with Crippen LogP contribution in [0, 0.1) is 12.8 Å². The van der Waals surface area contributed by atoms with Crippen LogP contribution in [-0.2, 0) is 16.6 Å². The van der Waals surface area contributed by atoms with Gasteiger partial charge in [0.2, 0.25) is 10.0 Å². The van der Waals surface area contributed by atoms with Crippen molar-refractivity contribution in [1.29, 1.82) is 0 Å². The standard InChI is InChI=1S/C22H26ClN3O3S/c1-16-5-2-3-8-20(16)24-22(27)25-11-9-18-15-26(30(28,29)21(18)10-12-25)14-17-6-4-7-19(23)13-17/h2-8,13,18,21H,9-12,14-15H2,1H3,(H,24,27)/t18-,21-/m1/s1. The average Bonchev–Trinajstić information content (AvgIpc) is 2.85. The molecule has 2 aliphatic rings. The van der Waals surface area contributed by atoms with E-state index in [4.69, 9.17) is 11.6 Å². The van der Waals surface area contributed by atoms with Crippen LogP contribution < -0.4 is 5.32 Å². The number of urea groups is 1. The summed E-state index contributed by atoms with van der Waals surface area (Å²) in [5.41, 5.74) is 2.67. The van der Waals surface area contributed by atoms with E-state index in [1.165, 1.54) is 0 Å². The Bertz CT molecular complexity index is 1040. The smallest absolute Gasteiger partial charge is 0.321 e. The number of aryl methyl sites for hydroxylation is 1. The lowest BCUT2D eigenvalue weighted by atomic mass is 10.0. The van der Waals surface area contributed by atoms with E-state index in [0.717, 1.165) is 16.8 Å². The van der Waals surface area contributed by atoms with Gasteiger partial charge in [-0.15, -0.1) is 0 Å². The van der Waals surface area contributed by atoms with Gasteiger partial charge in [-0.3, -0.25) is 0 Å². The molecule has 4 rings (SSSR count). The summed E-state index contributed by atoms with van der Waals surface area (Å²) in [6.07, 6.45) is 1.14. The Morgan fingerprint density at radius 2 is 1.90 bits per heavy atom. The van der Waals surface area contributed by atoms with Gasteiger partial charge in [-0.1, -0.05) is 41.9 Å². The molecule has 0 spiro atoms. The molecule has 1 N–H and O–H groups in total. The van der Waals surface area contributed by atoms with Crippen LogP contribution in [0.5, 0.6) is 0 Å². The molecule has 30 heavy (non-hydrogen) atoms. The zero-order valence-corrected chi connectivity index (χ0v) is 18.5. The molecule has 0 unspecified atom stereocenters. The highest BCUT2D eigenvalue weighted by atomic mass is 35.5. The molecule has 2 aliphatic heterocycles. The minimum Gasteiger partial charge on any atom is -0.324 e. The molecule has 2 fully saturated rings. The number of nitrogens with one attached hydrogen (secondary N) is 1. The van der Waals surface area contributed by atoms with Gasteiger partial charge in [0, 0.05) is 36.9 Å². The molecule has 0 saturated carbocycles. The number of carbonyl (C=O) groups is 1. The SMILES string of the molecule is Cc1ccccc1NC(=O)N1CC[C@@H]2CN(Cc3cccc(Cl)c3)S(=O)(=O)[C@@H]2CC1. The highest BCUT2D eigenvalue weighted by Crippen LogP contribution is 2.35. The predicted octanol–water partition coefficient (Wildman–Crippen LogP) is 4.11. The lowest BCUT2D eigenvalue weighted by Crippen LogP contribution is -2.37. The van der Waals surface area contributed by atoms with Gasteiger partial charge in [-0.05, 0) is 55.0 Å². The van der Waals surface area contributed by atoms with E-state index in [-0.39, 0.29) is 11.9 Å². The molecule has 0 radical (unpaired) electrons. The molecule has 2 amide bonds. The van der Waals surface area contributed by atoms with Gasteiger partial charge in [0.1, 0.15) is 0 Å². The number of amides is 2. The third-order valence-corrected chi connectivity index (χ3v) is 8.70. The fraction of sp³-hybridized carbons (Fsp3) is 0.409. The molecule has 6 nitrogen and oxygen atoms in total. The van der Waals surface area contributed by atoms with Crippen LogP contribution in [0.2, 0.25) is 5.02 Å². The molecular weight excluding hydrogens is 422 g/mol. The number of rotatable bonds is 3. The highest BCUT2D eigenvalue weighted by Gasteiger charge is 2.47. The zero-order valence-electron chi connectivity index (χ0n) is 16.9. The van der Waals surface area contributed by atoms with Crippen molar-refractivity contribution < 1.29 is 13.2 Å². The molecule has 0 aromatic heterocycles. The number of likely N-dealkylation sites (tertiary alicyclic amines) is 1. The number of hydrogen-bond acceptors (Lipinski definition) is 3. The lowest BCUT2D eigenvalue weighted by Gasteiger charge is -2.23. The molecule has 0 bridgehead atoms.